The van der Waals surface area contributed by atoms with Crippen LogP contribution in [0.2, 0.25) is 0 Å². The lowest BCUT2D eigenvalue weighted by molar-refractivity contribution is 0.102. The molecular formula is C27H30N6O5S. The van der Waals surface area contributed by atoms with Gasteiger partial charge in [0.05, 0.1) is 24.0 Å². The molecule has 3 heterocycles. The van der Waals surface area contributed by atoms with E-state index in [1.165, 1.54) is 7.11 Å². The van der Waals surface area contributed by atoms with Gasteiger partial charge in [0.2, 0.25) is 0 Å². The molecule has 2 unspecified atom stereocenters. The van der Waals surface area contributed by atoms with E-state index in [1.54, 1.807) is 11.0 Å². The maximum absolute atomic E-state index is 12.9. The summed E-state index contributed by atoms with van der Waals surface area (Å²) in [6, 6.07) is 14.7. The van der Waals surface area contributed by atoms with E-state index in [9.17, 15) is 18.0 Å². The van der Waals surface area contributed by atoms with Crippen LogP contribution >= 0.6 is 0 Å². The molecule has 2 saturated heterocycles. The van der Waals surface area contributed by atoms with E-state index in [0.29, 0.717) is 55.7 Å². The zero-order valence-corrected chi connectivity index (χ0v) is 22.4. The van der Waals surface area contributed by atoms with Gasteiger partial charge in [-0.3, -0.25) is 14.8 Å². The highest BCUT2D eigenvalue weighted by molar-refractivity contribution is 7.91. The molecule has 0 bridgehead atoms. The number of hydrogen-bond donors (Lipinski definition) is 2. The summed E-state index contributed by atoms with van der Waals surface area (Å²) in [6.07, 6.45) is 0.659. The number of aromatic amines is 1. The predicted molar refractivity (Wildman–Crippen MR) is 144 cm³/mol. The van der Waals surface area contributed by atoms with E-state index in [2.05, 4.69) is 20.4 Å². The van der Waals surface area contributed by atoms with E-state index in [-0.39, 0.29) is 28.9 Å². The number of sulfone groups is 1. The highest BCUT2D eigenvalue weighted by Crippen LogP contribution is 2.58. The van der Waals surface area contributed by atoms with Crippen molar-refractivity contribution in [2.75, 3.05) is 50.1 Å². The van der Waals surface area contributed by atoms with Crippen molar-refractivity contribution in [3.63, 3.8) is 0 Å². The monoisotopic (exact) mass is 550 g/mol. The molecule has 2 aliphatic heterocycles. The Bertz CT molecular complexity index is 1510. The van der Waals surface area contributed by atoms with Crippen LogP contribution in [0.3, 0.4) is 0 Å². The number of hydrogen-bond acceptors (Lipinski definition) is 8. The van der Waals surface area contributed by atoms with Crippen molar-refractivity contribution in [3.8, 4) is 11.4 Å². The van der Waals surface area contributed by atoms with E-state index in [4.69, 9.17) is 9.72 Å². The zero-order valence-electron chi connectivity index (χ0n) is 21.6. The van der Waals surface area contributed by atoms with Gasteiger partial charge in [-0.15, -0.1) is 0 Å². The fourth-order valence-electron chi connectivity index (χ4n) is 5.61. The maximum Gasteiger partial charge on any atom is 0.409 e. The summed E-state index contributed by atoms with van der Waals surface area (Å²) in [6.45, 7) is 2.86. The molecule has 2 atom stereocenters. The number of fused-ring (bicyclic) bond motifs is 1. The minimum atomic E-state index is -2.93. The van der Waals surface area contributed by atoms with Gasteiger partial charge in [-0.25, -0.2) is 18.2 Å². The van der Waals surface area contributed by atoms with Crippen LogP contribution in [0.25, 0.3) is 11.4 Å². The molecular weight excluding hydrogens is 520 g/mol. The number of anilines is 1. The topological polar surface area (TPSA) is 138 Å². The second-order valence-electron chi connectivity index (χ2n) is 10.6. The summed E-state index contributed by atoms with van der Waals surface area (Å²) < 4.78 is 28.2. The second kappa shape index (κ2) is 9.76. The summed E-state index contributed by atoms with van der Waals surface area (Å²) in [7, 11) is -1.54. The largest absolute Gasteiger partial charge is 0.453 e. The normalized spacial score (nSPS) is 23.7. The Morgan fingerprint density at radius 3 is 2.67 bits per heavy atom. The third-order valence-corrected chi connectivity index (χ3v) is 9.58. The molecule has 0 radical (unpaired) electrons. The van der Waals surface area contributed by atoms with Crippen LogP contribution in [0.1, 0.15) is 28.2 Å². The number of likely N-dealkylation sites (tertiary alicyclic amines) is 1. The summed E-state index contributed by atoms with van der Waals surface area (Å²) in [5, 5.41) is 10.4. The molecule has 6 rings (SSSR count). The molecule has 3 fully saturated rings. The first kappa shape index (κ1) is 25.5. The summed E-state index contributed by atoms with van der Waals surface area (Å²) in [5.41, 5.74) is 2.80. The van der Waals surface area contributed by atoms with Crippen LogP contribution < -0.4 is 5.32 Å². The fraction of sp³-hybridized carbons (Fsp3) is 0.407. The first-order valence-electron chi connectivity index (χ1n) is 12.9. The van der Waals surface area contributed by atoms with Gasteiger partial charge in [-0.1, -0.05) is 12.1 Å². The number of piperidine rings is 1. The number of amides is 2. The molecule has 1 aliphatic carbocycles. The summed E-state index contributed by atoms with van der Waals surface area (Å²) in [5.74, 6) is 1.85. The number of aromatic nitrogens is 3. The van der Waals surface area contributed by atoms with Crippen molar-refractivity contribution in [3.05, 3.63) is 65.5 Å². The number of ether oxygens (including phenoxy) is 1. The molecule has 1 saturated carbocycles. The van der Waals surface area contributed by atoms with Gasteiger partial charge in [0.25, 0.3) is 5.91 Å². The van der Waals surface area contributed by atoms with E-state index < -0.39 is 9.84 Å². The minimum absolute atomic E-state index is 0.173. The van der Waals surface area contributed by atoms with Crippen LogP contribution in [0.4, 0.5) is 10.5 Å². The van der Waals surface area contributed by atoms with Crippen LogP contribution in [0.15, 0.2) is 48.5 Å². The molecule has 2 N–H and O–H groups in total. The van der Waals surface area contributed by atoms with Crippen molar-refractivity contribution in [2.24, 2.45) is 5.92 Å². The Hall–Kier alpha value is -3.77. The van der Waals surface area contributed by atoms with E-state index in [1.807, 2.05) is 42.5 Å². The fourth-order valence-corrected chi connectivity index (χ4v) is 6.89. The van der Waals surface area contributed by atoms with Gasteiger partial charge in [-0.2, -0.15) is 5.10 Å². The van der Waals surface area contributed by atoms with Crippen molar-refractivity contribution in [1.29, 1.82) is 0 Å². The Balaban J connectivity index is 1.08. The molecule has 3 aliphatic rings. The molecule has 1 aromatic heterocycles. The van der Waals surface area contributed by atoms with Gasteiger partial charge in [0.15, 0.2) is 15.7 Å². The first-order chi connectivity index (χ1) is 18.7. The molecule has 2 aromatic carbocycles. The quantitative estimate of drug-likeness (QED) is 0.477. The average molecular weight is 551 g/mol. The zero-order chi connectivity index (χ0) is 27.2. The summed E-state index contributed by atoms with van der Waals surface area (Å²) in [4.78, 5) is 33.4. The Labute approximate surface area is 226 Å². The number of rotatable bonds is 6. The highest BCUT2D eigenvalue weighted by atomic mass is 32.2. The van der Waals surface area contributed by atoms with Gasteiger partial charge in [0, 0.05) is 49.5 Å². The first-order valence-corrected chi connectivity index (χ1v) is 14.8. The number of nitrogens with zero attached hydrogens (tertiary/aromatic N) is 4. The Morgan fingerprint density at radius 1 is 1.15 bits per heavy atom. The van der Waals surface area contributed by atoms with Crippen molar-refractivity contribution < 1.29 is 22.7 Å². The molecule has 12 heteroatoms. The number of methoxy groups -OCH3 is 1. The number of carbonyl (C=O) groups is 2. The summed E-state index contributed by atoms with van der Waals surface area (Å²) >= 11 is 0. The number of carbonyl (C=O) groups excluding carboxylic acids is 2. The number of benzene rings is 2. The van der Waals surface area contributed by atoms with Gasteiger partial charge < -0.3 is 15.0 Å². The number of nitrogens with one attached hydrogen (secondary N) is 2. The van der Waals surface area contributed by atoms with Crippen molar-refractivity contribution in [1.82, 2.24) is 25.0 Å². The predicted octanol–water partition coefficient (Wildman–Crippen LogP) is 2.29. The van der Waals surface area contributed by atoms with E-state index >= 15 is 0 Å². The number of H-pyrrole nitrogens is 1. The van der Waals surface area contributed by atoms with Crippen molar-refractivity contribution >= 4 is 27.5 Å². The standard InChI is InChI=1S/C27H30N6O5S/c1-38-26(35)33-16-21-14-27(21,17-33)25-29-23(30-31-25)19-5-7-22(8-6-19)28-24(34)20-4-2-3-18(13-20)15-32-9-11-39(36,37)12-10-32/h2-8,13,21H,9-12,14-17H2,1H3,(H,28,34)(H,29,30,31). The Kier molecular flexibility index (Phi) is 6.38. The lowest BCUT2D eigenvalue weighted by Crippen LogP contribution is -2.39. The van der Waals surface area contributed by atoms with Crippen molar-refractivity contribution in [2.45, 2.75) is 18.4 Å². The maximum atomic E-state index is 12.9. The third-order valence-electron chi connectivity index (χ3n) is 7.97. The van der Waals surface area contributed by atoms with Gasteiger partial charge in [-0.05, 0) is 54.3 Å². The SMILES string of the molecule is COC(=O)N1CC2CC2(c2nc(-c3ccc(NC(=O)c4cccc(CN5CCS(=O)(=O)CC5)c4)cc3)n[nH]2)C1. The lowest BCUT2D eigenvalue weighted by atomic mass is 10.1. The molecule has 11 nitrogen and oxygen atoms in total. The smallest absolute Gasteiger partial charge is 0.409 e. The molecule has 204 valence electrons. The van der Waals surface area contributed by atoms with Gasteiger partial charge in [0.1, 0.15) is 5.82 Å². The minimum Gasteiger partial charge on any atom is -0.453 e. The average Bonchev–Trinajstić information content (AvgIpc) is 3.26. The third kappa shape index (κ3) is 5.13. The molecule has 0 spiro atoms. The van der Waals surface area contributed by atoms with Gasteiger partial charge >= 0.3 is 6.09 Å². The Morgan fingerprint density at radius 2 is 1.92 bits per heavy atom. The molecule has 39 heavy (non-hydrogen) atoms. The second-order valence-corrected chi connectivity index (χ2v) is 12.9. The van der Waals surface area contributed by atoms with Crippen LogP contribution in [-0.4, -0.2) is 90.2 Å². The lowest BCUT2D eigenvalue weighted by Gasteiger charge is -2.26. The molecule has 3 aromatic rings. The van der Waals surface area contributed by atoms with Crippen LogP contribution in [0.5, 0.6) is 0 Å². The van der Waals surface area contributed by atoms with Crippen LogP contribution in [0, 0.1) is 5.92 Å². The highest BCUT2D eigenvalue weighted by Gasteiger charge is 2.64. The molecule has 2 amide bonds. The van der Waals surface area contributed by atoms with Crippen LogP contribution in [-0.2, 0) is 26.5 Å². The van der Waals surface area contributed by atoms with E-state index in [0.717, 1.165) is 23.4 Å².